The van der Waals surface area contributed by atoms with Crippen molar-refractivity contribution in [2.75, 3.05) is 12.4 Å². The molecule has 0 unspecified atom stereocenters. The number of carbonyl (C=O) groups is 1. The van der Waals surface area contributed by atoms with Crippen LogP contribution in [0.15, 0.2) is 42.5 Å². The Morgan fingerprint density at radius 2 is 1.96 bits per heavy atom. The molecule has 136 valence electrons. The summed E-state index contributed by atoms with van der Waals surface area (Å²) in [6, 6.07) is 11.3. The molecule has 1 aliphatic carbocycles. The minimum atomic E-state index is -0.578. The molecular weight excluding hydrogens is 336 g/mol. The fraction of sp³-hybridized carbons (Fsp3) is 0.316. The summed E-state index contributed by atoms with van der Waals surface area (Å²) >= 11 is 0. The Balaban J connectivity index is 1.73. The van der Waals surface area contributed by atoms with E-state index in [4.69, 9.17) is 9.47 Å². The average Bonchev–Trinajstić information content (AvgIpc) is 3.14. The van der Waals surface area contributed by atoms with E-state index < -0.39 is 10.8 Å². The van der Waals surface area contributed by atoms with Crippen LogP contribution in [0, 0.1) is 10.1 Å². The van der Waals surface area contributed by atoms with Gasteiger partial charge >= 0.3 is 5.69 Å². The van der Waals surface area contributed by atoms with E-state index in [1.165, 1.54) is 38.2 Å². The van der Waals surface area contributed by atoms with Crippen LogP contribution in [-0.2, 0) is 0 Å². The summed E-state index contributed by atoms with van der Waals surface area (Å²) in [7, 11) is 1.35. The molecule has 1 aliphatic rings. The van der Waals surface area contributed by atoms with Gasteiger partial charge in [0.05, 0.1) is 18.1 Å². The number of amides is 1. The number of nitro groups is 1. The molecule has 0 aromatic heterocycles. The number of nitro benzene ring substituents is 1. The Hall–Kier alpha value is -3.09. The van der Waals surface area contributed by atoms with Gasteiger partial charge in [0.25, 0.3) is 5.91 Å². The Bertz CT molecular complexity index is 815. The molecular formula is C19H20N2O5. The van der Waals surface area contributed by atoms with E-state index >= 15 is 0 Å². The van der Waals surface area contributed by atoms with E-state index in [1.54, 1.807) is 18.2 Å². The monoisotopic (exact) mass is 356 g/mol. The summed E-state index contributed by atoms with van der Waals surface area (Å²) in [5.41, 5.74) is 0.502. The molecule has 26 heavy (non-hydrogen) atoms. The molecule has 0 aliphatic heterocycles. The first-order chi connectivity index (χ1) is 12.6. The molecule has 0 spiro atoms. The number of nitrogens with zero attached hydrogens (tertiary/aromatic N) is 1. The lowest BCUT2D eigenvalue weighted by Crippen LogP contribution is -2.13. The topological polar surface area (TPSA) is 90.7 Å². The SMILES string of the molecule is COc1ccc(C(=O)Nc2cccc(OC3CCCC3)c2)cc1[N+](=O)[O-]. The zero-order chi connectivity index (χ0) is 18.5. The van der Waals surface area contributed by atoms with Crippen LogP contribution < -0.4 is 14.8 Å². The summed E-state index contributed by atoms with van der Waals surface area (Å²) in [4.78, 5) is 23.0. The smallest absolute Gasteiger partial charge is 0.311 e. The van der Waals surface area contributed by atoms with Crippen molar-refractivity contribution in [3.8, 4) is 11.5 Å². The highest BCUT2D eigenvalue weighted by molar-refractivity contribution is 6.04. The minimum Gasteiger partial charge on any atom is -0.490 e. The summed E-state index contributed by atoms with van der Waals surface area (Å²) < 4.78 is 10.9. The fourth-order valence-electron chi connectivity index (χ4n) is 3.02. The first kappa shape index (κ1) is 17.7. The van der Waals surface area contributed by atoms with Crippen molar-refractivity contribution in [3.05, 3.63) is 58.1 Å². The van der Waals surface area contributed by atoms with Crippen molar-refractivity contribution < 1.29 is 19.2 Å². The lowest BCUT2D eigenvalue weighted by Gasteiger charge is -2.14. The maximum Gasteiger partial charge on any atom is 0.311 e. The molecule has 1 fully saturated rings. The van der Waals surface area contributed by atoms with Gasteiger partial charge in [0.15, 0.2) is 5.75 Å². The van der Waals surface area contributed by atoms with Gasteiger partial charge in [0, 0.05) is 23.4 Å². The molecule has 3 rings (SSSR count). The first-order valence-corrected chi connectivity index (χ1v) is 8.47. The van der Waals surface area contributed by atoms with Gasteiger partial charge in [-0.2, -0.15) is 0 Å². The number of anilines is 1. The van der Waals surface area contributed by atoms with Crippen LogP contribution in [0.2, 0.25) is 0 Å². The van der Waals surface area contributed by atoms with Gasteiger partial charge in [-0.15, -0.1) is 0 Å². The van der Waals surface area contributed by atoms with Crippen molar-refractivity contribution in [1.29, 1.82) is 0 Å². The largest absolute Gasteiger partial charge is 0.490 e. The number of rotatable bonds is 6. The van der Waals surface area contributed by atoms with Gasteiger partial charge in [0.2, 0.25) is 0 Å². The van der Waals surface area contributed by atoms with Gasteiger partial charge in [0.1, 0.15) is 5.75 Å². The standard InChI is InChI=1S/C19H20N2O5/c1-25-18-10-9-13(11-17(18)21(23)24)19(22)20-14-5-4-8-16(12-14)26-15-6-2-3-7-15/h4-5,8-12,15H,2-3,6-7H2,1H3,(H,20,22). The Labute approximate surface area is 151 Å². The van der Waals surface area contributed by atoms with Gasteiger partial charge in [-0.1, -0.05) is 6.07 Å². The summed E-state index contributed by atoms with van der Waals surface area (Å²) in [6.45, 7) is 0. The van der Waals surface area contributed by atoms with Crippen LogP contribution in [0.4, 0.5) is 11.4 Å². The van der Waals surface area contributed by atoms with Crippen LogP contribution in [0.5, 0.6) is 11.5 Å². The number of benzene rings is 2. The Morgan fingerprint density at radius 3 is 2.65 bits per heavy atom. The maximum atomic E-state index is 12.4. The van der Waals surface area contributed by atoms with Crippen molar-refractivity contribution >= 4 is 17.3 Å². The highest BCUT2D eigenvalue weighted by Crippen LogP contribution is 2.29. The molecule has 0 bridgehead atoms. The molecule has 1 amide bonds. The van der Waals surface area contributed by atoms with Crippen LogP contribution in [-0.4, -0.2) is 24.0 Å². The highest BCUT2D eigenvalue weighted by atomic mass is 16.6. The third-order valence-corrected chi connectivity index (χ3v) is 4.33. The molecule has 7 heteroatoms. The van der Waals surface area contributed by atoms with Crippen LogP contribution in [0.25, 0.3) is 0 Å². The average molecular weight is 356 g/mol. The molecule has 2 aromatic carbocycles. The second kappa shape index (κ2) is 7.86. The number of carbonyl (C=O) groups excluding carboxylic acids is 1. The molecule has 7 nitrogen and oxygen atoms in total. The van der Waals surface area contributed by atoms with Gasteiger partial charge < -0.3 is 14.8 Å². The third-order valence-electron chi connectivity index (χ3n) is 4.33. The first-order valence-electron chi connectivity index (χ1n) is 8.47. The van der Waals surface area contributed by atoms with Crippen molar-refractivity contribution in [2.45, 2.75) is 31.8 Å². The van der Waals surface area contributed by atoms with Crippen LogP contribution in [0.1, 0.15) is 36.0 Å². The molecule has 0 radical (unpaired) electrons. The van der Waals surface area contributed by atoms with Crippen molar-refractivity contribution in [2.24, 2.45) is 0 Å². The lowest BCUT2D eigenvalue weighted by molar-refractivity contribution is -0.385. The zero-order valence-electron chi connectivity index (χ0n) is 14.4. The van der Waals surface area contributed by atoms with E-state index in [9.17, 15) is 14.9 Å². The van der Waals surface area contributed by atoms with Crippen molar-refractivity contribution in [3.63, 3.8) is 0 Å². The predicted octanol–water partition coefficient (Wildman–Crippen LogP) is 4.18. The molecule has 0 heterocycles. The predicted molar refractivity (Wildman–Crippen MR) is 96.9 cm³/mol. The number of hydrogen-bond acceptors (Lipinski definition) is 5. The number of ether oxygens (including phenoxy) is 2. The Kier molecular flexibility index (Phi) is 5.36. The minimum absolute atomic E-state index is 0.110. The molecule has 1 N–H and O–H groups in total. The number of methoxy groups -OCH3 is 1. The Morgan fingerprint density at radius 1 is 1.19 bits per heavy atom. The number of hydrogen-bond donors (Lipinski definition) is 1. The van der Waals surface area contributed by atoms with E-state index in [1.807, 2.05) is 6.07 Å². The second-order valence-corrected chi connectivity index (χ2v) is 6.15. The second-order valence-electron chi connectivity index (χ2n) is 6.15. The summed E-state index contributed by atoms with van der Waals surface area (Å²) in [5, 5.41) is 13.8. The number of nitrogens with one attached hydrogen (secondary N) is 1. The quantitative estimate of drug-likeness (QED) is 0.619. The lowest BCUT2D eigenvalue weighted by atomic mass is 10.1. The maximum absolute atomic E-state index is 12.4. The summed E-state index contributed by atoms with van der Waals surface area (Å²) in [5.74, 6) is 0.377. The molecule has 0 saturated heterocycles. The van der Waals surface area contributed by atoms with Gasteiger partial charge in [-0.3, -0.25) is 14.9 Å². The normalized spacial score (nSPS) is 14.0. The fourth-order valence-corrected chi connectivity index (χ4v) is 3.02. The van der Waals surface area contributed by atoms with Crippen LogP contribution in [0.3, 0.4) is 0 Å². The van der Waals surface area contributed by atoms with E-state index in [2.05, 4.69) is 5.32 Å². The van der Waals surface area contributed by atoms with E-state index in [0.29, 0.717) is 11.4 Å². The molecule has 2 aromatic rings. The highest BCUT2D eigenvalue weighted by Gasteiger charge is 2.19. The molecule has 1 saturated carbocycles. The van der Waals surface area contributed by atoms with E-state index in [0.717, 1.165) is 12.8 Å². The third kappa shape index (κ3) is 4.11. The van der Waals surface area contributed by atoms with Crippen molar-refractivity contribution in [1.82, 2.24) is 0 Å². The van der Waals surface area contributed by atoms with Gasteiger partial charge in [-0.05, 0) is 49.9 Å². The zero-order valence-corrected chi connectivity index (χ0v) is 14.4. The van der Waals surface area contributed by atoms with E-state index in [-0.39, 0.29) is 23.1 Å². The molecule has 0 atom stereocenters. The summed E-state index contributed by atoms with van der Waals surface area (Å²) in [6.07, 6.45) is 4.68. The van der Waals surface area contributed by atoms with Crippen LogP contribution >= 0.6 is 0 Å². The van der Waals surface area contributed by atoms with Gasteiger partial charge in [-0.25, -0.2) is 0 Å².